The Morgan fingerprint density at radius 1 is 1.67 bits per heavy atom. The number of carbonyl (C=O) groups is 1. The Hall–Kier alpha value is -1.89. The number of hydrogen-bond acceptors (Lipinski definition) is 6. The Labute approximate surface area is 123 Å². The van der Waals surface area contributed by atoms with E-state index in [1.165, 1.54) is 0 Å². The van der Waals surface area contributed by atoms with E-state index in [1.807, 2.05) is 17.9 Å². The highest BCUT2D eigenvalue weighted by molar-refractivity contribution is 5.77. The molecule has 2 fully saturated rings. The molecule has 0 bridgehead atoms. The predicted molar refractivity (Wildman–Crippen MR) is 77.4 cm³/mol. The number of carboxylic acids is 1. The van der Waals surface area contributed by atoms with Gasteiger partial charge >= 0.3 is 5.97 Å². The molecular formula is C14H20N4O3. The van der Waals surface area contributed by atoms with Gasteiger partial charge in [0.15, 0.2) is 0 Å². The van der Waals surface area contributed by atoms with Gasteiger partial charge in [-0.05, 0) is 19.4 Å². The van der Waals surface area contributed by atoms with E-state index in [1.54, 1.807) is 6.20 Å². The molecule has 0 aromatic carbocycles. The van der Waals surface area contributed by atoms with Crippen molar-refractivity contribution in [2.24, 2.45) is 11.3 Å². The third-order valence-corrected chi connectivity index (χ3v) is 4.42. The van der Waals surface area contributed by atoms with Crippen molar-refractivity contribution in [3.8, 4) is 0 Å². The summed E-state index contributed by atoms with van der Waals surface area (Å²) in [7, 11) is 0. The molecule has 0 radical (unpaired) electrons. The average Bonchev–Trinajstić information content (AvgIpc) is 2.89. The molecule has 21 heavy (non-hydrogen) atoms. The Morgan fingerprint density at radius 2 is 2.52 bits per heavy atom. The van der Waals surface area contributed by atoms with Crippen LogP contribution in [-0.2, 0) is 9.53 Å². The fourth-order valence-electron chi connectivity index (χ4n) is 3.23. The summed E-state index contributed by atoms with van der Waals surface area (Å²) in [6.07, 6.45) is 2.25. The van der Waals surface area contributed by atoms with Gasteiger partial charge in [0.1, 0.15) is 5.82 Å². The molecule has 0 aliphatic carbocycles. The van der Waals surface area contributed by atoms with Crippen LogP contribution >= 0.6 is 0 Å². The molecule has 0 amide bonds. The number of fused-ring (bicyclic) bond motifs is 1. The Bertz CT molecular complexity index is 539. The first kappa shape index (κ1) is 14.1. The number of anilines is 2. The highest BCUT2D eigenvalue weighted by Crippen LogP contribution is 2.43. The summed E-state index contributed by atoms with van der Waals surface area (Å²) in [5, 5.41) is 12.8. The number of carboxylic acid groups (broad SMARTS) is 1. The minimum Gasteiger partial charge on any atom is -0.481 e. The SMILES string of the molecule is CCNc1ccnc(N2C[C@@H]3COCC[C@]3(C(=O)O)C2)n1. The highest BCUT2D eigenvalue weighted by Gasteiger charge is 2.54. The number of ether oxygens (including phenoxy) is 1. The summed E-state index contributed by atoms with van der Waals surface area (Å²) in [6, 6.07) is 1.81. The lowest BCUT2D eigenvalue weighted by molar-refractivity contribution is -0.157. The van der Waals surface area contributed by atoms with Crippen LogP contribution in [0.4, 0.5) is 11.8 Å². The monoisotopic (exact) mass is 292 g/mol. The molecule has 2 atom stereocenters. The predicted octanol–water partition coefficient (Wildman–Crippen LogP) is 0.836. The van der Waals surface area contributed by atoms with Crippen LogP contribution in [0.5, 0.6) is 0 Å². The second-order valence-corrected chi connectivity index (χ2v) is 5.64. The third-order valence-electron chi connectivity index (χ3n) is 4.42. The van der Waals surface area contributed by atoms with Crippen molar-refractivity contribution < 1.29 is 14.6 Å². The van der Waals surface area contributed by atoms with Gasteiger partial charge in [-0.15, -0.1) is 0 Å². The minimum absolute atomic E-state index is 0.00450. The zero-order valence-electron chi connectivity index (χ0n) is 12.1. The lowest BCUT2D eigenvalue weighted by Gasteiger charge is -2.33. The third kappa shape index (κ3) is 2.42. The molecule has 3 rings (SSSR count). The molecule has 7 nitrogen and oxygen atoms in total. The zero-order valence-corrected chi connectivity index (χ0v) is 12.1. The van der Waals surface area contributed by atoms with E-state index in [0.717, 1.165) is 12.4 Å². The number of aromatic nitrogens is 2. The van der Waals surface area contributed by atoms with Crippen LogP contribution in [0.2, 0.25) is 0 Å². The Balaban J connectivity index is 1.85. The number of nitrogens with zero attached hydrogens (tertiary/aromatic N) is 3. The quantitative estimate of drug-likeness (QED) is 0.850. The molecule has 2 saturated heterocycles. The van der Waals surface area contributed by atoms with Gasteiger partial charge in [-0.3, -0.25) is 4.79 Å². The maximum Gasteiger partial charge on any atom is 0.311 e. The second-order valence-electron chi connectivity index (χ2n) is 5.64. The molecule has 7 heteroatoms. The van der Waals surface area contributed by atoms with Gasteiger partial charge < -0.3 is 20.1 Å². The molecule has 3 heterocycles. The molecule has 2 aliphatic rings. The summed E-state index contributed by atoms with van der Waals surface area (Å²) in [5.41, 5.74) is -0.726. The van der Waals surface area contributed by atoms with Crippen LogP contribution in [-0.4, -0.2) is 53.9 Å². The molecule has 0 unspecified atom stereocenters. The fraction of sp³-hybridized carbons (Fsp3) is 0.643. The summed E-state index contributed by atoms with van der Waals surface area (Å²) < 4.78 is 5.46. The fourth-order valence-corrected chi connectivity index (χ4v) is 3.23. The Morgan fingerprint density at radius 3 is 3.24 bits per heavy atom. The van der Waals surface area contributed by atoms with Gasteiger partial charge in [0, 0.05) is 38.4 Å². The van der Waals surface area contributed by atoms with E-state index in [-0.39, 0.29) is 5.92 Å². The number of rotatable bonds is 4. The lowest BCUT2D eigenvalue weighted by atomic mass is 9.74. The highest BCUT2D eigenvalue weighted by atomic mass is 16.5. The molecular weight excluding hydrogens is 272 g/mol. The molecule has 114 valence electrons. The van der Waals surface area contributed by atoms with Crippen molar-refractivity contribution in [2.45, 2.75) is 13.3 Å². The lowest BCUT2D eigenvalue weighted by Crippen LogP contribution is -2.44. The van der Waals surface area contributed by atoms with E-state index < -0.39 is 11.4 Å². The number of aliphatic carboxylic acids is 1. The summed E-state index contributed by atoms with van der Waals surface area (Å²) in [5.74, 6) is 0.609. The van der Waals surface area contributed by atoms with Gasteiger partial charge in [0.25, 0.3) is 0 Å². The minimum atomic E-state index is -0.735. The van der Waals surface area contributed by atoms with Crippen molar-refractivity contribution in [3.63, 3.8) is 0 Å². The van der Waals surface area contributed by atoms with Crippen molar-refractivity contribution in [3.05, 3.63) is 12.3 Å². The van der Waals surface area contributed by atoms with Crippen LogP contribution in [0.3, 0.4) is 0 Å². The van der Waals surface area contributed by atoms with Gasteiger partial charge in [-0.1, -0.05) is 0 Å². The second kappa shape index (κ2) is 5.48. The Kier molecular flexibility index (Phi) is 3.67. The molecule has 2 aliphatic heterocycles. The maximum atomic E-state index is 11.8. The summed E-state index contributed by atoms with van der Waals surface area (Å²) in [6.45, 7) is 4.87. The number of nitrogens with one attached hydrogen (secondary N) is 1. The largest absolute Gasteiger partial charge is 0.481 e. The van der Waals surface area contributed by atoms with E-state index in [2.05, 4.69) is 15.3 Å². The van der Waals surface area contributed by atoms with Crippen LogP contribution in [0.1, 0.15) is 13.3 Å². The smallest absolute Gasteiger partial charge is 0.311 e. The zero-order chi connectivity index (χ0) is 14.9. The molecule has 0 saturated carbocycles. The van der Waals surface area contributed by atoms with Crippen LogP contribution < -0.4 is 10.2 Å². The molecule has 1 aromatic rings. The van der Waals surface area contributed by atoms with E-state index in [4.69, 9.17) is 4.74 Å². The van der Waals surface area contributed by atoms with Gasteiger partial charge in [0.05, 0.1) is 12.0 Å². The molecule has 1 aromatic heterocycles. The van der Waals surface area contributed by atoms with Crippen molar-refractivity contribution in [1.29, 1.82) is 0 Å². The van der Waals surface area contributed by atoms with Gasteiger partial charge in [-0.25, -0.2) is 4.98 Å². The van der Waals surface area contributed by atoms with E-state index >= 15 is 0 Å². The topological polar surface area (TPSA) is 87.6 Å². The number of hydrogen-bond donors (Lipinski definition) is 2. The van der Waals surface area contributed by atoms with Crippen molar-refractivity contribution >= 4 is 17.7 Å². The van der Waals surface area contributed by atoms with Gasteiger partial charge in [0.2, 0.25) is 5.95 Å². The van der Waals surface area contributed by atoms with Crippen molar-refractivity contribution in [1.82, 2.24) is 9.97 Å². The van der Waals surface area contributed by atoms with Crippen LogP contribution in [0.25, 0.3) is 0 Å². The van der Waals surface area contributed by atoms with Crippen molar-refractivity contribution in [2.75, 3.05) is 43.1 Å². The summed E-state index contributed by atoms with van der Waals surface area (Å²) in [4.78, 5) is 22.5. The molecule has 2 N–H and O–H groups in total. The molecule has 0 spiro atoms. The maximum absolute atomic E-state index is 11.8. The van der Waals surface area contributed by atoms with Crippen LogP contribution in [0.15, 0.2) is 12.3 Å². The van der Waals surface area contributed by atoms with E-state index in [9.17, 15) is 9.90 Å². The van der Waals surface area contributed by atoms with E-state index in [0.29, 0.717) is 38.7 Å². The normalized spacial score (nSPS) is 28.2. The van der Waals surface area contributed by atoms with Gasteiger partial charge in [-0.2, -0.15) is 4.98 Å². The first-order chi connectivity index (χ1) is 10.2. The first-order valence-corrected chi connectivity index (χ1v) is 7.29. The summed E-state index contributed by atoms with van der Waals surface area (Å²) >= 11 is 0. The van der Waals surface area contributed by atoms with Crippen LogP contribution in [0, 0.1) is 11.3 Å². The standard InChI is InChI=1S/C14H20N4O3/c1-2-15-11-3-5-16-13(17-11)18-7-10-8-21-6-4-14(10,9-18)12(19)20/h3,5,10H,2,4,6-9H2,1H3,(H,19,20)(H,15,16,17)/t10-,14+/m1/s1. The first-order valence-electron chi connectivity index (χ1n) is 7.29. The average molecular weight is 292 g/mol.